The Labute approximate surface area is 194 Å². The monoisotopic (exact) mass is 516 g/mol. The summed E-state index contributed by atoms with van der Waals surface area (Å²) in [5.41, 5.74) is 4.14. The Morgan fingerprint density at radius 1 is 1.07 bits per heavy atom. The van der Waals surface area contributed by atoms with Gasteiger partial charge in [0.2, 0.25) is 0 Å². The molecular formula is C27H45IO. The van der Waals surface area contributed by atoms with E-state index in [0.29, 0.717) is 5.41 Å². The SMILES string of the molecule is CC(C)CCC[C@@H](C)[C@H]1CC[C@H]2C3C[C@@H](C[131I])C4=C(CC[C@H](O)C4)[C@H]3CC[C@]12C. The van der Waals surface area contributed by atoms with E-state index in [1.165, 1.54) is 62.2 Å². The van der Waals surface area contributed by atoms with Crippen molar-refractivity contribution < 1.29 is 5.11 Å². The van der Waals surface area contributed by atoms with E-state index in [1.807, 2.05) is 5.57 Å². The smallest absolute Gasteiger partial charge is 0.0580 e. The number of rotatable bonds is 6. The molecule has 0 saturated heterocycles. The number of aliphatic hydroxyl groups is 1. The van der Waals surface area contributed by atoms with Gasteiger partial charge in [-0.1, -0.05) is 80.7 Å². The second-order valence-corrected chi connectivity index (χ2v) is 12.8. The number of alkyl halides is 1. The van der Waals surface area contributed by atoms with Crippen molar-refractivity contribution >= 4 is 22.6 Å². The molecule has 8 atom stereocenters. The third-order valence-electron chi connectivity index (χ3n) is 9.94. The molecule has 0 aromatic heterocycles. The summed E-state index contributed by atoms with van der Waals surface area (Å²) < 4.78 is 1.25. The zero-order chi connectivity index (χ0) is 20.8. The van der Waals surface area contributed by atoms with Crippen LogP contribution in [0.3, 0.4) is 0 Å². The maximum Gasteiger partial charge on any atom is 0.0580 e. The Balaban J connectivity index is 1.51. The summed E-state index contributed by atoms with van der Waals surface area (Å²) in [5.74, 6) is 6.25. The van der Waals surface area contributed by atoms with Gasteiger partial charge in [0, 0.05) is 4.43 Å². The Morgan fingerprint density at radius 3 is 2.59 bits per heavy atom. The lowest BCUT2D eigenvalue weighted by Gasteiger charge is -2.54. The first-order chi connectivity index (χ1) is 13.8. The Morgan fingerprint density at radius 2 is 1.86 bits per heavy atom. The molecule has 0 aliphatic heterocycles. The molecule has 166 valence electrons. The highest BCUT2D eigenvalue weighted by atomic mass is 131. The topological polar surface area (TPSA) is 20.2 Å². The lowest BCUT2D eigenvalue weighted by molar-refractivity contribution is -0.0106. The van der Waals surface area contributed by atoms with E-state index in [2.05, 4.69) is 50.3 Å². The van der Waals surface area contributed by atoms with Gasteiger partial charge in [-0.2, -0.15) is 0 Å². The van der Waals surface area contributed by atoms with Gasteiger partial charge in [0.25, 0.3) is 0 Å². The number of halogens is 1. The summed E-state index contributed by atoms with van der Waals surface area (Å²) >= 11 is 2.63. The molecule has 4 aliphatic carbocycles. The summed E-state index contributed by atoms with van der Waals surface area (Å²) in [6.45, 7) is 10.0. The fraction of sp³-hybridized carbons (Fsp3) is 0.926. The fourth-order valence-corrected chi connectivity index (χ4v) is 9.41. The molecule has 1 nitrogen and oxygen atoms in total. The number of aliphatic hydroxyl groups excluding tert-OH is 1. The molecule has 2 heteroatoms. The number of hydrogen-bond donors (Lipinski definition) is 1. The summed E-state index contributed by atoms with van der Waals surface area (Å²) in [6.07, 6.45) is 14.7. The largest absolute Gasteiger partial charge is 0.393 e. The maximum absolute atomic E-state index is 10.3. The van der Waals surface area contributed by atoms with Crippen molar-refractivity contribution in [1.29, 1.82) is 0 Å². The van der Waals surface area contributed by atoms with Gasteiger partial charge in [-0.15, -0.1) is 0 Å². The normalized spacial score (nSPS) is 43.1. The van der Waals surface area contributed by atoms with E-state index in [4.69, 9.17) is 0 Å². The highest BCUT2D eigenvalue weighted by Crippen LogP contribution is 2.65. The molecule has 0 heterocycles. The molecule has 0 spiro atoms. The minimum atomic E-state index is -0.0628. The van der Waals surface area contributed by atoms with Crippen LogP contribution in [0.5, 0.6) is 0 Å². The van der Waals surface area contributed by atoms with E-state index in [9.17, 15) is 5.11 Å². The molecule has 0 aromatic carbocycles. The average molecular weight is 517 g/mol. The molecule has 2 fully saturated rings. The number of hydrogen-bond acceptors (Lipinski definition) is 1. The molecule has 4 aliphatic rings. The first kappa shape index (κ1) is 22.6. The van der Waals surface area contributed by atoms with Gasteiger partial charge < -0.3 is 5.11 Å². The van der Waals surface area contributed by atoms with Crippen molar-refractivity contribution in [2.45, 2.75) is 104 Å². The van der Waals surface area contributed by atoms with Crippen LogP contribution in [0.1, 0.15) is 98.3 Å². The van der Waals surface area contributed by atoms with Crippen molar-refractivity contribution in [2.24, 2.45) is 46.8 Å². The molecule has 2 saturated carbocycles. The van der Waals surface area contributed by atoms with Crippen LogP contribution in [0.4, 0.5) is 0 Å². The van der Waals surface area contributed by atoms with E-state index in [-0.39, 0.29) is 6.10 Å². The molecule has 1 N–H and O–H groups in total. The second kappa shape index (κ2) is 9.12. The first-order valence-corrected chi connectivity index (χ1v) is 14.3. The third kappa shape index (κ3) is 4.24. The van der Waals surface area contributed by atoms with Crippen molar-refractivity contribution in [3.63, 3.8) is 0 Å². The minimum absolute atomic E-state index is 0.0628. The molecule has 0 bridgehead atoms. The van der Waals surface area contributed by atoms with Crippen molar-refractivity contribution in [2.75, 3.05) is 4.43 Å². The highest BCUT2D eigenvalue weighted by Gasteiger charge is 2.56. The van der Waals surface area contributed by atoms with Crippen LogP contribution in [0, 0.1) is 46.8 Å². The van der Waals surface area contributed by atoms with E-state index in [1.54, 1.807) is 5.57 Å². The Bertz CT molecular complexity index is 610. The quantitative estimate of drug-likeness (QED) is 0.217. The molecule has 1 unspecified atom stereocenters. The van der Waals surface area contributed by atoms with Crippen LogP contribution >= 0.6 is 22.6 Å². The zero-order valence-electron chi connectivity index (χ0n) is 19.4. The third-order valence-corrected chi connectivity index (χ3v) is 11.0. The van der Waals surface area contributed by atoms with Gasteiger partial charge in [-0.3, -0.25) is 0 Å². The van der Waals surface area contributed by atoms with E-state index < -0.39 is 0 Å². The van der Waals surface area contributed by atoms with Crippen LogP contribution in [-0.4, -0.2) is 15.6 Å². The van der Waals surface area contributed by atoms with Gasteiger partial charge in [0.05, 0.1) is 6.10 Å². The fourth-order valence-electron chi connectivity index (χ4n) is 8.52. The Kier molecular flexibility index (Phi) is 7.11. The molecule has 29 heavy (non-hydrogen) atoms. The standard InChI is InChI=1S/C27H45IO/c1-17(2)6-5-7-18(3)25-10-11-26-24-14-19(16-28)23-15-20(29)8-9-21(23)22(24)12-13-27(25,26)4/h17-20,22,24-26,29H,5-16H2,1-4H3/t18-,19+,20+,22-,24?,25-,26+,27-/m1/s1/i28+4. The predicted octanol–water partition coefficient (Wildman–Crippen LogP) is 7.80. The van der Waals surface area contributed by atoms with Crippen LogP contribution in [0.15, 0.2) is 11.1 Å². The van der Waals surface area contributed by atoms with Gasteiger partial charge >= 0.3 is 0 Å². The maximum atomic E-state index is 10.3. The average Bonchev–Trinajstić information content (AvgIpc) is 3.04. The lowest BCUT2D eigenvalue weighted by atomic mass is 9.51. The van der Waals surface area contributed by atoms with Gasteiger partial charge in [0.15, 0.2) is 0 Å². The number of allylic oxidation sites excluding steroid dienone is 1. The first-order valence-electron chi connectivity index (χ1n) is 12.8. The predicted molar refractivity (Wildman–Crippen MR) is 132 cm³/mol. The minimum Gasteiger partial charge on any atom is -0.393 e. The van der Waals surface area contributed by atoms with Crippen LogP contribution in [0.2, 0.25) is 0 Å². The van der Waals surface area contributed by atoms with E-state index in [0.717, 1.165) is 54.3 Å². The van der Waals surface area contributed by atoms with Gasteiger partial charge in [-0.25, -0.2) is 0 Å². The summed E-state index contributed by atoms with van der Waals surface area (Å²) in [7, 11) is 0. The van der Waals surface area contributed by atoms with Crippen LogP contribution < -0.4 is 0 Å². The molecule has 0 radical (unpaired) electrons. The zero-order valence-corrected chi connectivity index (χ0v) is 21.6. The molecule has 0 amide bonds. The van der Waals surface area contributed by atoms with Gasteiger partial charge in [0.1, 0.15) is 0 Å². The van der Waals surface area contributed by atoms with Crippen molar-refractivity contribution in [1.82, 2.24) is 0 Å². The van der Waals surface area contributed by atoms with Gasteiger partial charge in [-0.05, 0) is 98.2 Å². The highest BCUT2D eigenvalue weighted by molar-refractivity contribution is 14.1. The summed E-state index contributed by atoms with van der Waals surface area (Å²) in [5, 5.41) is 10.3. The number of fused-ring (bicyclic) bond motifs is 4. The summed E-state index contributed by atoms with van der Waals surface area (Å²) in [6, 6.07) is 0. The summed E-state index contributed by atoms with van der Waals surface area (Å²) in [4.78, 5) is 0. The van der Waals surface area contributed by atoms with Crippen LogP contribution in [0.25, 0.3) is 0 Å². The molecule has 4 rings (SSSR count). The van der Waals surface area contributed by atoms with Crippen molar-refractivity contribution in [3.8, 4) is 0 Å². The van der Waals surface area contributed by atoms with Crippen molar-refractivity contribution in [3.05, 3.63) is 11.1 Å². The molecule has 0 aromatic rings. The Hall–Kier alpha value is 0.430. The van der Waals surface area contributed by atoms with Crippen LogP contribution in [-0.2, 0) is 0 Å². The molecular weight excluding hydrogens is 471 g/mol. The lowest BCUT2D eigenvalue weighted by Crippen LogP contribution is -2.46. The van der Waals surface area contributed by atoms with E-state index >= 15 is 0 Å². The second-order valence-electron chi connectivity index (χ2n) is 11.9.